The SMILES string of the molecule is CCCc1c(NN)ncnc1NCC(C)(C)OCC. The number of anilines is 2. The van der Waals surface area contributed by atoms with Crippen molar-refractivity contribution in [1.29, 1.82) is 0 Å². The number of hydrogen-bond acceptors (Lipinski definition) is 6. The maximum absolute atomic E-state index is 5.66. The van der Waals surface area contributed by atoms with E-state index in [-0.39, 0.29) is 5.60 Å². The predicted octanol–water partition coefficient (Wildman–Crippen LogP) is 1.94. The highest BCUT2D eigenvalue weighted by atomic mass is 16.5. The van der Waals surface area contributed by atoms with Gasteiger partial charge in [-0.2, -0.15) is 0 Å². The number of nitrogens with zero attached hydrogens (tertiary/aromatic N) is 2. The van der Waals surface area contributed by atoms with Gasteiger partial charge in [-0.3, -0.25) is 0 Å². The highest BCUT2D eigenvalue weighted by Crippen LogP contribution is 2.21. The molecule has 4 N–H and O–H groups in total. The molecule has 0 bridgehead atoms. The number of ether oxygens (including phenoxy) is 1. The van der Waals surface area contributed by atoms with E-state index >= 15 is 0 Å². The van der Waals surface area contributed by atoms with Crippen LogP contribution in [0.5, 0.6) is 0 Å². The number of nitrogens with two attached hydrogens (primary N) is 1. The number of hydrazine groups is 1. The van der Waals surface area contributed by atoms with E-state index < -0.39 is 0 Å². The summed E-state index contributed by atoms with van der Waals surface area (Å²) in [5.41, 5.74) is 3.40. The van der Waals surface area contributed by atoms with Crippen LogP contribution >= 0.6 is 0 Å². The van der Waals surface area contributed by atoms with Crippen molar-refractivity contribution < 1.29 is 4.74 Å². The average molecular weight is 267 g/mol. The second kappa shape index (κ2) is 7.25. The van der Waals surface area contributed by atoms with Crippen LogP contribution < -0.4 is 16.6 Å². The first-order valence-electron chi connectivity index (χ1n) is 6.72. The lowest BCUT2D eigenvalue weighted by atomic mass is 10.1. The van der Waals surface area contributed by atoms with E-state index in [1.165, 1.54) is 6.33 Å². The quantitative estimate of drug-likeness (QED) is 0.493. The molecule has 0 unspecified atom stereocenters. The van der Waals surface area contributed by atoms with Crippen LogP contribution in [0.2, 0.25) is 0 Å². The van der Waals surface area contributed by atoms with Crippen molar-refractivity contribution in [3.63, 3.8) is 0 Å². The van der Waals surface area contributed by atoms with E-state index in [1.807, 2.05) is 20.8 Å². The Morgan fingerprint density at radius 2 is 1.95 bits per heavy atom. The van der Waals surface area contributed by atoms with Crippen LogP contribution in [0.1, 0.15) is 39.7 Å². The molecule has 19 heavy (non-hydrogen) atoms. The van der Waals surface area contributed by atoms with Crippen molar-refractivity contribution >= 4 is 11.6 Å². The first-order valence-corrected chi connectivity index (χ1v) is 6.72. The molecule has 0 amide bonds. The van der Waals surface area contributed by atoms with Crippen LogP contribution in [0.15, 0.2) is 6.33 Å². The van der Waals surface area contributed by atoms with Crippen molar-refractivity contribution in [2.24, 2.45) is 5.84 Å². The number of nitrogen functional groups attached to an aromatic ring is 1. The molecule has 1 aromatic rings. The van der Waals surface area contributed by atoms with Crippen LogP contribution in [-0.4, -0.2) is 28.7 Å². The monoisotopic (exact) mass is 267 g/mol. The van der Waals surface area contributed by atoms with Crippen LogP contribution in [-0.2, 0) is 11.2 Å². The minimum atomic E-state index is -0.237. The molecule has 6 nitrogen and oxygen atoms in total. The van der Waals surface area contributed by atoms with Crippen LogP contribution in [0, 0.1) is 0 Å². The molecule has 0 radical (unpaired) electrons. The Morgan fingerprint density at radius 1 is 1.26 bits per heavy atom. The summed E-state index contributed by atoms with van der Waals surface area (Å²) in [6.07, 6.45) is 3.38. The zero-order valence-corrected chi connectivity index (χ0v) is 12.3. The minimum Gasteiger partial charge on any atom is -0.374 e. The molecule has 0 spiro atoms. The second-order valence-corrected chi connectivity index (χ2v) is 4.99. The number of nitrogens with one attached hydrogen (secondary N) is 2. The van der Waals surface area contributed by atoms with E-state index in [9.17, 15) is 0 Å². The molecule has 0 saturated heterocycles. The standard InChI is InChI=1S/C13H25N5O/c1-5-7-10-11(16-9-17-12(10)18-14)15-8-13(3,4)19-6-2/h9H,5-8,14H2,1-4H3,(H2,15,16,17,18). The van der Waals surface area contributed by atoms with Gasteiger partial charge in [-0.25, -0.2) is 15.8 Å². The lowest BCUT2D eigenvalue weighted by molar-refractivity contribution is 0.000631. The molecule has 0 saturated carbocycles. The number of aromatic nitrogens is 2. The Labute approximate surface area is 115 Å². The summed E-state index contributed by atoms with van der Waals surface area (Å²) in [5.74, 6) is 6.98. The van der Waals surface area contributed by atoms with Gasteiger partial charge in [-0.1, -0.05) is 13.3 Å². The molecule has 108 valence electrons. The summed E-state index contributed by atoms with van der Waals surface area (Å²) < 4.78 is 5.66. The highest BCUT2D eigenvalue weighted by molar-refractivity contribution is 5.57. The molecule has 0 atom stereocenters. The van der Waals surface area contributed by atoms with Gasteiger partial charge in [0.15, 0.2) is 0 Å². The molecule has 0 aliphatic carbocycles. The smallest absolute Gasteiger partial charge is 0.148 e. The molecule has 1 aromatic heterocycles. The van der Waals surface area contributed by atoms with Crippen molar-refractivity contribution in [2.45, 2.75) is 46.1 Å². The van der Waals surface area contributed by atoms with Gasteiger partial charge in [-0.05, 0) is 27.2 Å². The molecule has 0 fully saturated rings. The first kappa shape index (κ1) is 15.7. The Kier molecular flexibility index (Phi) is 5.98. The summed E-state index contributed by atoms with van der Waals surface area (Å²) in [6.45, 7) is 9.57. The van der Waals surface area contributed by atoms with E-state index in [1.54, 1.807) is 0 Å². The van der Waals surface area contributed by atoms with E-state index in [2.05, 4.69) is 27.6 Å². The van der Waals surface area contributed by atoms with Gasteiger partial charge >= 0.3 is 0 Å². The van der Waals surface area contributed by atoms with Gasteiger partial charge in [0.1, 0.15) is 18.0 Å². The zero-order chi connectivity index (χ0) is 14.3. The Balaban J connectivity index is 2.82. The van der Waals surface area contributed by atoms with Gasteiger partial charge in [0.2, 0.25) is 0 Å². The van der Waals surface area contributed by atoms with Gasteiger partial charge in [0, 0.05) is 18.7 Å². The van der Waals surface area contributed by atoms with E-state index in [0.29, 0.717) is 19.0 Å². The second-order valence-electron chi connectivity index (χ2n) is 4.99. The van der Waals surface area contributed by atoms with Gasteiger partial charge in [0.25, 0.3) is 0 Å². The fourth-order valence-corrected chi connectivity index (χ4v) is 1.91. The van der Waals surface area contributed by atoms with Crippen molar-refractivity contribution in [3.05, 3.63) is 11.9 Å². The van der Waals surface area contributed by atoms with Crippen LogP contribution in [0.3, 0.4) is 0 Å². The topological polar surface area (TPSA) is 85.1 Å². The Hall–Kier alpha value is -1.40. The van der Waals surface area contributed by atoms with Gasteiger partial charge in [-0.15, -0.1) is 0 Å². The zero-order valence-electron chi connectivity index (χ0n) is 12.3. The number of hydrogen-bond donors (Lipinski definition) is 3. The minimum absolute atomic E-state index is 0.237. The largest absolute Gasteiger partial charge is 0.374 e. The van der Waals surface area contributed by atoms with Crippen molar-refractivity contribution in [1.82, 2.24) is 9.97 Å². The Morgan fingerprint density at radius 3 is 2.53 bits per heavy atom. The molecular weight excluding hydrogens is 242 g/mol. The molecule has 0 aliphatic heterocycles. The molecule has 1 heterocycles. The Bertz CT molecular complexity index is 395. The van der Waals surface area contributed by atoms with Gasteiger partial charge in [0.05, 0.1) is 5.60 Å². The number of rotatable bonds is 8. The summed E-state index contributed by atoms with van der Waals surface area (Å²) >= 11 is 0. The maximum atomic E-state index is 5.66. The fraction of sp³-hybridized carbons (Fsp3) is 0.692. The third-order valence-corrected chi connectivity index (χ3v) is 2.80. The van der Waals surface area contributed by atoms with Crippen LogP contribution in [0.25, 0.3) is 0 Å². The third kappa shape index (κ3) is 4.65. The summed E-state index contributed by atoms with van der Waals surface area (Å²) in [6, 6.07) is 0. The summed E-state index contributed by atoms with van der Waals surface area (Å²) in [5, 5.41) is 3.33. The first-order chi connectivity index (χ1) is 9.04. The molecule has 1 rings (SSSR count). The molecule has 6 heteroatoms. The average Bonchev–Trinajstić information content (AvgIpc) is 2.37. The van der Waals surface area contributed by atoms with Gasteiger partial charge < -0.3 is 15.5 Å². The molecule has 0 aromatic carbocycles. The normalized spacial score (nSPS) is 11.4. The maximum Gasteiger partial charge on any atom is 0.148 e. The lowest BCUT2D eigenvalue weighted by Crippen LogP contribution is -2.34. The fourth-order valence-electron chi connectivity index (χ4n) is 1.91. The van der Waals surface area contributed by atoms with Crippen LogP contribution in [0.4, 0.5) is 11.6 Å². The lowest BCUT2D eigenvalue weighted by Gasteiger charge is -2.26. The predicted molar refractivity (Wildman–Crippen MR) is 78.0 cm³/mol. The summed E-state index contributed by atoms with van der Waals surface area (Å²) in [4.78, 5) is 8.43. The van der Waals surface area contributed by atoms with Crippen molar-refractivity contribution in [3.8, 4) is 0 Å². The van der Waals surface area contributed by atoms with Crippen molar-refractivity contribution in [2.75, 3.05) is 23.9 Å². The van der Waals surface area contributed by atoms with E-state index in [4.69, 9.17) is 10.6 Å². The molecular formula is C13H25N5O. The molecule has 0 aliphatic rings. The highest BCUT2D eigenvalue weighted by Gasteiger charge is 2.19. The van der Waals surface area contributed by atoms with E-state index in [0.717, 1.165) is 24.2 Å². The summed E-state index contributed by atoms with van der Waals surface area (Å²) in [7, 11) is 0. The third-order valence-electron chi connectivity index (χ3n) is 2.80.